The summed E-state index contributed by atoms with van der Waals surface area (Å²) in [4.78, 5) is 13.3. The summed E-state index contributed by atoms with van der Waals surface area (Å²) in [5.74, 6) is 0.391. The molecule has 1 aliphatic rings. The van der Waals surface area contributed by atoms with Crippen LogP contribution in [0, 0.1) is 5.92 Å². The normalized spacial score (nSPS) is 17.7. The fraction of sp³-hybridized carbons (Fsp3) is 0.923. The quantitative estimate of drug-likeness (QED) is 0.799. The highest BCUT2D eigenvalue weighted by molar-refractivity contribution is 7.79. The van der Waals surface area contributed by atoms with E-state index in [9.17, 15) is 9.00 Å². The summed E-state index contributed by atoms with van der Waals surface area (Å²) in [6.07, 6.45) is 2.97. The van der Waals surface area contributed by atoms with Gasteiger partial charge in [-0.1, -0.05) is 13.8 Å². The Kier molecular flexibility index (Phi) is 9.87. The average Bonchev–Trinajstić information content (AvgIpc) is 2.38. The van der Waals surface area contributed by atoms with Crippen LogP contribution in [0.25, 0.3) is 0 Å². The number of piperidine rings is 1. The van der Waals surface area contributed by atoms with Gasteiger partial charge < -0.3 is 9.64 Å². The molecule has 1 unspecified atom stereocenters. The van der Waals surface area contributed by atoms with Crippen molar-refractivity contribution in [3.63, 3.8) is 0 Å². The van der Waals surface area contributed by atoms with Gasteiger partial charge in [-0.2, -0.15) is 0 Å². The summed E-state index contributed by atoms with van der Waals surface area (Å²) >= 11 is -1.20. The second-order valence-electron chi connectivity index (χ2n) is 4.55. The van der Waals surface area contributed by atoms with Gasteiger partial charge >= 0.3 is 6.09 Å². The zero-order chi connectivity index (χ0) is 14.8. The predicted molar refractivity (Wildman–Crippen MR) is 77.3 cm³/mol. The molecule has 0 radical (unpaired) electrons. The van der Waals surface area contributed by atoms with Gasteiger partial charge in [-0.25, -0.2) is 9.00 Å². The Labute approximate surface area is 119 Å². The third-order valence-electron chi connectivity index (χ3n) is 2.68. The number of amides is 1. The van der Waals surface area contributed by atoms with Crippen molar-refractivity contribution in [2.24, 2.45) is 5.92 Å². The second-order valence-corrected chi connectivity index (χ2v) is 5.59. The molecule has 1 fully saturated rings. The maximum absolute atomic E-state index is 11.6. The van der Waals surface area contributed by atoms with E-state index in [1.54, 1.807) is 4.90 Å². The van der Waals surface area contributed by atoms with Crippen LogP contribution in [0.4, 0.5) is 4.79 Å². The van der Waals surface area contributed by atoms with Crippen molar-refractivity contribution in [2.45, 2.75) is 46.6 Å². The zero-order valence-corrected chi connectivity index (χ0v) is 13.5. The fourth-order valence-corrected chi connectivity index (χ4v) is 2.13. The molecular weight excluding hydrogens is 266 g/mol. The van der Waals surface area contributed by atoms with Crippen LogP contribution >= 0.6 is 0 Å². The SMILES string of the molecule is CC.CC(C)OC(=O)N1CCC(COS(C)=O)CC1. The monoisotopic (exact) mass is 293 g/mol. The topological polar surface area (TPSA) is 55.8 Å². The smallest absolute Gasteiger partial charge is 0.410 e. The lowest BCUT2D eigenvalue weighted by Gasteiger charge is -2.31. The van der Waals surface area contributed by atoms with E-state index in [4.69, 9.17) is 8.92 Å². The van der Waals surface area contributed by atoms with Crippen LogP contribution in [0.15, 0.2) is 0 Å². The highest BCUT2D eigenvalue weighted by Gasteiger charge is 2.24. The number of rotatable bonds is 4. The molecule has 0 spiro atoms. The van der Waals surface area contributed by atoms with E-state index in [0.717, 1.165) is 12.8 Å². The number of hydrogen-bond acceptors (Lipinski definition) is 4. The van der Waals surface area contributed by atoms with Crippen LogP contribution in [-0.2, 0) is 20.0 Å². The summed E-state index contributed by atoms with van der Waals surface area (Å²) in [5.41, 5.74) is 0. The maximum Gasteiger partial charge on any atom is 0.410 e. The Hall–Kier alpha value is -0.620. The number of carbonyl (C=O) groups is 1. The summed E-state index contributed by atoms with van der Waals surface area (Å²) < 4.78 is 21.0. The molecule has 1 saturated heterocycles. The number of nitrogens with zero attached hydrogens (tertiary/aromatic N) is 1. The number of likely N-dealkylation sites (tertiary alicyclic amines) is 1. The van der Waals surface area contributed by atoms with Crippen molar-refractivity contribution in [1.29, 1.82) is 0 Å². The van der Waals surface area contributed by atoms with Crippen molar-refractivity contribution in [3.8, 4) is 0 Å². The van der Waals surface area contributed by atoms with Crippen molar-refractivity contribution < 1.29 is 17.9 Å². The lowest BCUT2D eigenvalue weighted by Crippen LogP contribution is -2.40. The highest BCUT2D eigenvalue weighted by Crippen LogP contribution is 2.18. The van der Waals surface area contributed by atoms with E-state index in [0.29, 0.717) is 25.6 Å². The predicted octanol–water partition coefficient (Wildman–Crippen LogP) is 2.58. The van der Waals surface area contributed by atoms with E-state index in [1.165, 1.54) is 6.26 Å². The Bertz CT molecular complexity index is 276. The molecule has 6 heteroatoms. The second kappa shape index (κ2) is 10.2. The third-order valence-corrected chi connectivity index (χ3v) is 3.15. The van der Waals surface area contributed by atoms with E-state index in [1.807, 2.05) is 27.7 Å². The van der Waals surface area contributed by atoms with Gasteiger partial charge in [-0.15, -0.1) is 0 Å². The fourth-order valence-electron chi connectivity index (χ4n) is 1.75. The Balaban J connectivity index is 0.00000154. The molecule has 1 rings (SSSR count). The summed E-state index contributed by atoms with van der Waals surface area (Å²) in [7, 11) is 0. The van der Waals surface area contributed by atoms with E-state index < -0.39 is 11.1 Å². The molecule has 5 nitrogen and oxygen atoms in total. The minimum Gasteiger partial charge on any atom is -0.447 e. The number of ether oxygens (including phenoxy) is 1. The molecule has 0 aromatic rings. The van der Waals surface area contributed by atoms with Crippen LogP contribution in [-0.4, -0.2) is 47.3 Å². The lowest BCUT2D eigenvalue weighted by molar-refractivity contribution is 0.0615. The Morgan fingerprint density at radius 2 is 1.84 bits per heavy atom. The van der Waals surface area contributed by atoms with Gasteiger partial charge in [0.15, 0.2) is 11.1 Å². The molecule has 1 aliphatic heterocycles. The first kappa shape index (κ1) is 18.4. The number of hydrogen-bond donors (Lipinski definition) is 0. The summed E-state index contributed by atoms with van der Waals surface area (Å²) in [5, 5.41) is 0. The van der Waals surface area contributed by atoms with E-state index in [-0.39, 0.29) is 12.2 Å². The molecule has 0 bridgehead atoms. The van der Waals surface area contributed by atoms with Crippen molar-refractivity contribution in [3.05, 3.63) is 0 Å². The molecular formula is C13H27NO4S. The molecule has 1 amide bonds. The van der Waals surface area contributed by atoms with Gasteiger partial charge in [0.2, 0.25) is 0 Å². The van der Waals surface area contributed by atoms with Gasteiger partial charge in [0.25, 0.3) is 0 Å². The first-order chi connectivity index (χ1) is 8.99. The molecule has 19 heavy (non-hydrogen) atoms. The first-order valence-corrected chi connectivity index (χ1v) is 8.39. The van der Waals surface area contributed by atoms with Gasteiger partial charge in [0.1, 0.15) is 0 Å². The van der Waals surface area contributed by atoms with Crippen LogP contribution < -0.4 is 0 Å². The van der Waals surface area contributed by atoms with Crippen molar-refractivity contribution in [2.75, 3.05) is 26.0 Å². The molecule has 0 saturated carbocycles. The van der Waals surface area contributed by atoms with E-state index >= 15 is 0 Å². The molecule has 1 atom stereocenters. The molecule has 114 valence electrons. The minimum atomic E-state index is -1.20. The maximum atomic E-state index is 11.6. The van der Waals surface area contributed by atoms with Crippen molar-refractivity contribution in [1.82, 2.24) is 4.90 Å². The van der Waals surface area contributed by atoms with E-state index in [2.05, 4.69) is 0 Å². The molecule has 1 heterocycles. The largest absolute Gasteiger partial charge is 0.447 e. The third kappa shape index (κ3) is 8.21. The Morgan fingerprint density at radius 3 is 2.26 bits per heavy atom. The molecule has 0 N–H and O–H groups in total. The van der Waals surface area contributed by atoms with Gasteiger partial charge in [0.05, 0.1) is 12.7 Å². The first-order valence-electron chi connectivity index (χ1n) is 6.91. The van der Waals surface area contributed by atoms with Gasteiger partial charge in [-0.3, -0.25) is 4.18 Å². The van der Waals surface area contributed by atoms with Gasteiger partial charge in [-0.05, 0) is 32.6 Å². The van der Waals surface area contributed by atoms with Crippen LogP contribution in [0.5, 0.6) is 0 Å². The Morgan fingerprint density at radius 1 is 1.32 bits per heavy atom. The van der Waals surface area contributed by atoms with Gasteiger partial charge in [0, 0.05) is 19.3 Å². The van der Waals surface area contributed by atoms with Crippen LogP contribution in [0.3, 0.4) is 0 Å². The highest BCUT2D eigenvalue weighted by atomic mass is 32.2. The molecule has 0 aromatic carbocycles. The molecule has 0 aromatic heterocycles. The molecule has 0 aliphatic carbocycles. The number of carbonyl (C=O) groups excluding carboxylic acids is 1. The lowest BCUT2D eigenvalue weighted by atomic mass is 9.98. The standard InChI is InChI=1S/C11H21NO4S.C2H6/c1-9(2)16-11(13)12-6-4-10(5-7-12)8-15-17(3)14;1-2/h9-10H,4-8H2,1-3H3;1-2H3. The minimum absolute atomic E-state index is 0.0777. The van der Waals surface area contributed by atoms with Crippen LogP contribution in [0.1, 0.15) is 40.5 Å². The average molecular weight is 293 g/mol. The summed E-state index contributed by atoms with van der Waals surface area (Å²) in [6, 6.07) is 0. The van der Waals surface area contributed by atoms with Crippen molar-refractivity contribution >= 4 is 17.2 Å². The van der Waals surface area contributed by atoms with Crippen LogP contribution in [0.2, 0.25) is 0 Å². The zero-order valence-electron chi connectivity index (χ0n) is 12.7. The summed E-state index contributed by atoms with van der Waals surface area (Å²) in [6.45, 7) is 9.58.